The Balaban J connectivity index is 2.64. The third kappa shape index (κ3) is 3.38. The minimum absolute atomic E-state index is 0.218. The van der Waals surface area contributed by atoms with Crippen LogP contribution in [0.15, 0.2) is 24.3 Å². The largest absolute Gasteiger partial charge is 0.466 e. The van der Waals surface area contributed by atoms with Crippen LogP contribution >= 0.6 is 0 Å². The Morgan fingerprint density at radius 3 is 2.31 bits per heavy atom. The Bertz CT molecular complexity index is 367. The van der Waals surface area contributed by atoms with Gasteiger partial charge in [-0.2, -0.15) is 0 Å². The van der Waals surface area contributed by atoms with Crippen LogP contribution in [0.5, 0.6) is 0 Å². The van der Waals surface area contributed by atoms with E-state index in [2.05, 4.69) is 4.74 Å². The maximum atomic E-state index is 11.2. The van der Waals surface area contributed by atoms with E-state index in [0.717, 1.165) is 5.56 Å². The summed E-state index contributed by atoms with van der Waals surface area (Å²) < 4.78 is 9.38. The van der Waals surface area contributed by atoms with E-state index < -0.39 is 0 Å². The molecule has 16 heavy (non-hydrogen) atoms. The van der Waals surface area contributed by atoms with Gasteiger partial charge < -0.3 is 9.47 Å². The zero-order valence-corrected chi connectivity index (χ0v) is 9.36. The van der Waals surface area contributed by atoms with Crippen molar-refractivity contribution in [1.82, 2.24) is 0 Å². The lowest BCUT2D eigenvalue weighted by molar-refractivity contribution is -0.142. The summed E-state index contributed by atoms with van der Waals surface area (Å²) in [5.41, 5.74) is 1.28. The standard InChI is InChI=1S/C12H14O4/c1-3-16-11(13)8-9-4-6-10(7-5-9)12(14)15-2/h4-7H,3,8H2,1-2H3. The SMILES string of the molecule is CCOC(=O)Cc1ccc(C(=O)OC)cc1. The fourth-order valence-electron chi connectivity index (χ4n) is 1.26. The van der Waals surface area contributed by atoms with Crippen molar-refractivity contribution in [1.29, 1.82) is 0 Å². The molecule has 1 aromatic carbocycles. The molecule has 0 amide bonds. The number of methoxy groups -OCH3 is 1. The topological polar surface area (TPSA) is 52.6 Å². The van der Waals surface area contributed by atoms with Crippen molar-refractivity contribution in [3.05, 3.63) is 35.4 Å². The van der Waals surface area contributed by atoms with Gasteiger partial charge in [0.05, 0.1) is 25.7 Å². The number of ether oxygens (including phenoxy) is 2. The van der Waals surface area contributed by atoms with Gasteiger partial charge in [-0.25, -0.2) is 4.79 Å². The van der Waals surface area contributed by atoms with Crippen molar-refractivity contribution in [3.63, 3.8) is 0 Å². The number of hydrogen-bond acceptors (Lipinski definition) is 4. The number of benzene rings is 1. The zero-order valence-electron chi connectivity index (χ0n) is 9.36. The Morgan fingerprint density at radius 1 is 1.19 bits per heavy atom. The maximum absolute atomic E-state index is 11.2. The normalized spacial score (nSPS) is 9.62. The van der Waals surface area contributed by atoms with Crippen LogP contribution in [0.4, 0.5) is 0 Å². The van der Waals surface area contributed by atoms with Crippen molar-refractivity contribution < 1.29 is 19.1 Å². The summed E-state index contributed by atoms with van der Waals surface area (Å²) in [7, 11) is 1.33. The van der Waals surface area contributed by atoms with Crippen molar-refractivity contribution in [2.24, 2.45) is 0 Å². The molecular formula is C12H14O4. The van der Waals surface area contributed by atoms with Crippen LogP contribution in [0.1, 0.15) is 22.8 Å². The summed E-state index contributed by atoms with van der Waals surface area (Å²) >= 11 is 0. The fraction of sp³-hybridized carbons (Fsp3) is 0.333. The van der Waals surface area contributed by atoms with E-state index in [4.69, 9.17) is 4.74 Å². The lowest BCUT2D eigenvalue weighted by atomic mass is 10.1. The van der Waals surface area contributed by atoms with Gasteiger partial charge in [-0.1, -0.05) is 12.1 Å². The Hall–Kier alpha value is -1.84. The van der Waals surface area contributed by atoms with Gasteiger partial charge in [0, 0.05) is 0 Å². The van der Waals surface area contributed by atoms with E-state index in [1.165, 1.54) is 7.11 Å². The highest BCUT2D eigenvalue weighted by molar-refractivity contribution is 5.89. The summed E-state index contributed by atoms with van der Waals surface area (Å²) in [6, 6.07) is 6.67. The van der Waals surface area contributed by atoms with Gasteiger partial charge in [0.1, 0.15) is 0 Å². The molecule has 0 saturated heterocycles. The van der Waals surface area contributed by atoms with Crippen LogP contribution in [0.2, 0.25) is 0 Å². The second kappa shape index (κ2) is 5.90. The predicted molar refractivity (Wildman–Crippen MR) is 58.1 cm³/mol. The lowest BCUT2D eigenvalue weighted by Gasteiger charge is -2.03. The minimum Gasteiger partial charge on any atom is -0.466 e. The van der Waals surface area contributed by atoms with Crippen LogP contribution in [0.3, 0.4) is 0 Å². The van der Waals surface area contributed by atoms with E-state index in [1.807, 2.05) is 0 Å². The molecule has 0 spiro atoms. The molecule has 0 saturated carbocycles. The molecule has 0 radical (unpaired) electrons. The first kappa shape index (κ1) is 12.2. The molecule has 0 atom stereocenters. The summed E-state index contributed by atoms with van der Waals surface area (Å²) in [5, 5.41) is 0. The Morgan fingerprint density at radius 2 is 1.81 bits per heavy atom. The van der Waals surface area contributed by atoms with Crippen LogP contribution in [0, 0.1) is 0 Å². The van der Waals surface area contributed by atoms with Crippen molar-refractivity contribution >= 4 is 11.9 Å². The number of esters is 2. The van der Waals surface area contributed by atoms with Gasteiger partial charge in [0.25, 0.3) is 0 Å². The quantitative estimate of drug-likeness (QED) is 0.726. The number of carbonyl (C=O) groups is 2. The molecule has 4 heteroatoms. The van der Waals surface area contributed by atoms with E-state index in [9.17, 15) is 9.59 Å². The van der Waals surface area contributed by atoms with Crippen molar-refractivity contribution in [2.75, 3.05) is 13.7 Å². The summed E-state index contributed by atoms with van der Waals surface area (Å²) in [5.74, 6) is -0.656. The molecule has 0 aliphatic rings. The number of rotatable bonds is 4. The molecule has 4 nitrogen and oxygen atoms in total. The van der Waals surface area contributed by atoms with Crippen molar-refractivity contribution in [2.45, 2.75) is 13.3 Å². The van der Waals surface area contributed by atoms with E-state index >= 15 is 0 Å². The molecule has 0 aliphatic carbocycles. The second-order valence-electron chi connectivity index (χ2n) is 3.17. The first-order valence-electron chi connectivity index (χ1n) is 5.00. The lowest BCUT2D eigenvalue weighted by Crippen LogP contribution is -2.08. The highest BCUT2D eigenvalue weighted by Gasteiger charge is 2.07. The third-order valence-corrected chi connectivity index (χ3v) is 2.03. The first-order valence-corrected chi connectivity index (χ1v) is 5.00. The van der Waals surface area contributed by atoms with Crippen LogP contribution in [-0.4, -0.2) is 25.7 Å². The Kier molecular flexibility index (Phi) is 4.51. The van der Waals surface area contributed by atoms with Gasteiger partial charge in [0.2, 0.25) is 0 Å². The predicted octanol–water partition coefficient (Wildman–Crippen LogP) is 1.58. The fourth-order valence-corrected chi connectivity index (χ4v) is 1.26. The van der Waals surface area contributed by atoms with Crippen molar-refractivity contribution in [3.8, 4) is 0 Å². The molecular weight excluding hydrogens is 208 g/mol. The molecule has 1 aromatic rings. The van der Waals surface area contributed by atoms with Crippen LogP contribution in [0.25, 0.3) is 0 Å². The average molecular weight is 222 g/mol. The van der Waals surface area contributed by atoms with Gasteiger partial charge in [-0.15, -0.1) is 0 Å². The molecule has 0 bridgehead atoms. The van der Waals surface area contributed by atoms with E-state index in [0.29, 0.717) is 12.2 Å². The Labute approximate surface area is 94.2 Å². The smallest absolute Gasteiger partial charge is 0.337 e. The van der Waals surface area contributed by atoms with Crippen LogP contribution < -0.4 is 0 Å². The molecule has 0 aliphatic heterocycles. The molecule has 0 unspecified atom stereocenters. The van der Waals surface area contributed by atoms with Gasteiger partial charge >= 0.3 is 11.9 Å². The van der Waals surface area contributed by atoms with E-state index in [-0.39, 0.29) is 18.4 Å². The molecule has 0 heterocycles. The zero-order chi connectivity index (χ0) is 12.0. The summed E-state index contributed by atoms with van der Waals surface area (Å²) in [6.45, 7) is 2.14. The van der Waals surface area contributed by atoms with Crippen LogP contribution in [-0.2, 0) is 20.7 Å². The molecule has 86 valence electrons. The van der Waals surface area contributed by atoms with Gasteiger partial charge in [-0.05, 0) is 24.6 Å². The molecule has 0 N–H and O–H groups in total. The summed E-state index contributed by atoms with van der Waals surface area (Å²) in [4.78, 5) is 22.3. The average Bonchev–Trinajstić information content (AvgIpc) is 2.29. The maximum Gasteiger partial charge on any atom is 0.337 e. The van der Waals surface area contributed by atoms with Gasteiger partial charge in [0.15, 0.2) is 0 Å². The number of carbonyl (C=O) groups excluding carboxylic acids is 2. The molecule has 0 fully saturated rings. The molecule has 0 aromatic heterocycles. The van der Waals surface area contributed by atoms with Gasteiger partial charge in [-0.3, -0.25) is 4.79 Å². The monoisotopic (exact) mass is 222 g/mol. The number of hydrogen-bond donors (Lipinski definition) is 0. The highest BCUT2D eigenvalue weighted by atomic mass is 16.5. The summed E-state index contributed by atoms with van der Waals surface area (Å²) in [6.07, 6.45) is 0.218. The first-order chi connectivity index (χ1) is 7.67. The van der Waals surface area contributed by atoms with E-state index in [1.54, 1.807) is 31.2 Å². The third-order valence-electron chi connectivity index (χ3n) is 2.03. The highest BCUT2D eigenvalue weighted by Crippen LogP contribution is 2.07. The minimum atomic E-state index is -0.386. The second-order valence-corrected chi connectivity index (χ2v) is 3.17. The molecule has 1 rings (SSSR count).